The predicted molar refractivity (Wildman–Crippen MR) is 238 cm³/mol. The largest absolute Gasteiger partial charge is 0.361 e. The summed E-state index contributed by atoms with van der Waals surface area (Å²) in [6, 6.07) is 16.9. The lowest BCUT2D eigenvalue weighted by Gasteiger charge is -2.19. The average molecular weight is 907 g/mol. The van der Waals surface area contributed by atoms with E-state index in [1.165, 1.54) is 73.5 Å². The normalized spacial score (nSPS) is 10.8. The van der Waals surface area contributed by atoms with Gasteiger partial charge in [0.2, 0.25) is 26.1 Å². The number of halogens is 2. The third kappa shape index (κ3) is 14.8. The van der Waals surface area contributed by atoms with Crippen LogP contribution in [-0.2, 0) is 36.3 Å². The highest BCUT2D eigenvalue weighted by Gasteiger charge is 2.22. The van der Waals surface area contributed by atoms with Crippen molar-refractivity contribution in [2.75, 3.05) is 5.32 Å². The van der Waals surface area contributed by atoms with Gasteiger partial charge in [-0.2, -0.15) is 4.99 Å². The first-order valence-electron chi connectivity index (χ1n) is 18.8. The quantitative estimate of drug-likeness (QED) is 0.0635. The summed E-state index contributed by atoms with van der Waals surface area (Å²) in [6.07, 6.45) is 10.3. The number of aromatic nitrogens is 4. The number of carbonyl (C=O) groups excluding carboxylic acids is 2. The monoisotopic (exact) mass is 906 g/mol. The van der Waals surface area contributed by atoms with Crippen LogP contribution in [0.4, 0.5) is 36.6 Å². The Hall–Kier alpha value is -7.61. The number of anilines is 1. The molecule has 0 atom stereocenters. The zero-order valence-electron chi connectivity index (χ0n) is 34.7. The molecule has 0 saturated carbocycles. The minimum atomic E-state index is -4.01. The Bertz CT molecular complexity index is 2980. The van der Waals surface area contributed by atoms with Gasteiger partial charge in [0, 0.05) is 35.9 Å². The molecule has 0 saturated heterocycles. The summed E-state index contributed by atoms with van der Waals surface area (Å²) in [6.45, 7) is 21.6. The molecule has 20 heteroatoms. The molecule has 4 aromatic heterocycles. The Balaban J connectivity index is 0.000000239. The lowest BCUT2D eigenvalue weighted by atomic mass is 9.94. The van der Waals surface area contributed by atoms with E-state index in [1.54, 1.807) is 42.6 Å². The van der Waals surface area contributed by atoms with E-state index >= 15 is 0 Å². The Morgan fingerprint density at radius 3 is 1.72 bits per heavy atom. The highest BCUT2D eigenvalue weighted by Crippen LogP contribution is 2.39. The first kappa shape index (κ1) is 49.0. The smallest absolute Gasteiger partial charge is 0.332 e. The fraction of sp³-hybridized carbons (Fsp3) is 0.182. The molecule has 64 heavy (non-hydrogen) atoms. The summed E-state index contributed by atoms with van der Waals surface area (Å²) < 4.78 is 76.1. The number of nitrogens with one attached hydrogen (secondary N) is 2. The van der Waals surface area contributed by atoms with E-state index < -0.39 is 43.5 Å². The number of amides is 2. The Labute approximate surface area is 369 Å². The number of aliphatic imine (C=N–C) groups is 1. The van der Waals surface area contributed by atoms with Crippen LogP contribution in [0.5, 0.6) is 0 Å². The van der Waals surface area contributed by atoms with Crippen molar-refractivity contribution in [3.63, 3.8) is 0 Å². The fourth-order valence-corrected chi connectivity index (χ4v) is 7.58. The van der Waals surface area contributed by atoms with Crippen LogP contribution in [0.15, 0.2) is 115 Å². The van der Waals surface area contributed by atoms with Crippen LogP contribution in [0.2, 0.25) is 0 Å². The predicted octanol–water partition coefficient (Wildman–Crippen LogP) is 9.01. The molecular formula is C44H40F2N10O6S2. The van der Waals surface area contributed by atoms with Crippen LogP contribution >= 0.6 is 0 Å². The van der Waals surface area contributed by atoms with Crippen LogP contribution in [0.3, 0.4) is 0 Å². The molecule has 6 rings (SSSR count). The molecule has 2 aromatic carbocycles. The number of hydrogen-bond acceptors (Lipinski definition) is 11. The molecule has 16 nitrogen and oxygen atoms in total. The Kier molecular flexibility index (Phi) is 17.2. The molecule has 2 amide bonds. The van der Waals surface area contributed by atoms with Gasteiger partial charge in [0.15, 0.2) is 0 Å². The van der Waals surface area contributed by atoms with Gasteiger partial charge in [-0.25, -0.2) is 45.1 Å². The standard InChI is InChI=1S/C22H20FN5O3S.C16H12FN3O.C6H8N2O2S/c1-14(2)18-10-17(23)11-19(16-6-8-26-20(9-16)24-3)21(18)27-22(29)28-32(30,31)13-15-5-4-7-25-12-15;1-10(2)13-7-12(17)8-14(16(13)20-9-21)11-4-5-19-15(6-11)18-3;7-11(9,10)5-6-2-1-3-8-4-6/h4-12,14H,13H2,1-2H3,(H2,27,28,29);4-8,10H,1-2H3;1-4H,5H2,(H2,7,9,10). The Morgan fingerprint density at radius 1 is 0.750 bits per heavy atom. The molecular weight excluding hydrogens is 867 g/mol. The third-order valence-corrected chi connectivity index (χ3v) is 10.6. The van der Waals surface area contributed by atoms with Gasteiger partial charge in [0.05, 0.1) is 22.9 Å². The number of primary sulfonamides is 1. The highest BCUT2D eigenvalue weighted by molar-refractivity contribution is 7.89. The number of sulfonamides is 2. The topological polar surface area (TPSA) is 225 Å². The number of hydrogen-bond donors (Lipinski definition) is 3. The van der Waals surface area contributed by atoms with Crippen molar-refractivity contribution in [3.05, 3.63) is 167 Å². The first-order chi connectivity index (χ1) is 30.3. The number of rotatable bonds is 11. The summed E-state index contributed by atoms with van der Waals surface area (Å²) in [4.78, 5) is 49.0. The molecule has 0 bridgehead atoms. The number of isocyanates is 1. The number of nitrogens with two attached hydrogens (primary N) is 1. The number of nitrogens with zero attached hydrogens (tertiary/aromatic N) is 7. The van der Waals surface area contributed by atoms with E-state index in [2.05, 4.69) is 39.9 Å². The zero-order chi connectivity index (χ0) is 47.0. The van der Waals surface area contributed by atoms with E-state index in [0.717, 1.165) is 0 Å². The number of urea groups is 1. The summed E-state index contributed by atoms with van der Waals surface area (Å²) in [5.74, 6) is -1.42. The van der Waals surface area contributed by atoms with Gasteiger partial charge in [-0.15, -0.1) is 9.97 Å². The SMILES string of the molecule is NS(=O)(=O)Cc1cccnc1.[C-]#[N+]c1cc(-c2cc(F)cc(C(C)C)c2N=C=O)ccn1.[C-]#[N+]c1cc(-c2cc(F)cc(C(C)C)c2NC(=O)NS(=O)(=O)Cc2cccnc2)ccn1. The molecule has 4 heterocycles. The second-order valence-electron chi connectivity index (χ2n) is 14.2. The summed E-state index contributed by atoms with van der Waals surface area (Å²) in [7, 11) is -7.43. The molecule has 0 aliphatic heterocycles. The van der Waals surface area contributed by atoms with Gasteiger partial charge < -0.3 is 15.0 Å². The minimum absolute atomic E-state index is 0.00581. The molecule has 0 radical (unpaired) electrons. The van der Waals surface area contributed by atoms with Crippen molar-refractivity contribution in [3.8, 4) is 22.3 Å². The maximum Gasteiger partial charge on any atom is 0.332 e. The zero-order valence-corrected chi connectivity index (χ0v) is 36.3. The minimum Gasteiger partial charge on any atom is -0.361 e. The molecule has 6 aromatic rings. The average Bonchev–Trinajstić information content (AvgIpc) is 3.24. The lowest BCUT2D eigenvalue weighted by Crippen LogP contribution is -2.35. The second-order valence-corrected chi connectivity index (χ2v) is 17.5. The highest BCUT2D eigenvalue weighted by atomic mass is 32.2. The van der Waals surface area contributed by atoms with Crippen LogP contribution in [0, 0.1) is 24.8 Å². The maximum atomic E-state index is 14.4. The van der Waals surface area contributed by atoms with Gasteiger partial charge in [-0.05, 0) is 106 Å². The van der Waals surface area contributed by atoms with Gasteiger partial charge in [-0.1, -0.05) is 53.0 Å². The maximum absolute atomic E-state index is 14.4. The van der Waals surface area contributed by atoms with Crippen molar-refractivity contribution < 1.29 is 35.2 Å². The van der Waals surface area contributed by atoms with Gasteiger partial charge >= 0.3 is 6.03 Å². The second kappa shape index (κ2) is 22.5. The van der Waals surface area contributed by atoms with E-state index in [-0.39, 0.29) is 34.9 Å². The van der Waals surface area contributed by atoms with E-state index in [9.17, 15) is 35.2 Å². The number of benzene rings is 2. The van der Waals surface area contributed by atoms with Crippen molar-refractivity contribution in [1.82, 2.24) is 24.7 Å². The van der Waals surface area contributed by atoms with Gasteiger partial charge in [-0.3, -0.25) is 9.97 Å². The van der Waals surface area contributed by atoms with Crippen LogP contribution in [0.1, 0.15) is 61.8 Å². The van der Waals surface area contributed by atoms with Crippen molar-refractivity contribution in [1.29, 1.82) is 0 Å². The van der Waals surface area contributed by atoms with E-state index in [0.29, 0.717) is 50.2 Å². The molecule has 0 unspecified atom stereocenters. The molecule has 0 spiro atoms. The summed E-state index contributed by atoms with van der Waals surface area (Å²) in [5.41, 5.74) is 4.55. The summed E-state index contributed by atoms with van der Waals surface area (Å²) in [5, 5.41) is 7.37. The molecule has 0 aliphatic carbocycles. The van der Waals surface area contributed by atoms with Crippen molar-refractivity contribution in [2.24, 2.45) is 10.1 Å². The number of pyridine rings is 4. The first-order valence-corrected chi connectivity index (χ1v) is 22.2. The van der Waals surface area contributed by atoms with Gasteiger partial charge in [0.1, 0.15) is 24.0 Å². The summed E-state index contributed by atoms with van der Waals surface area (Å²) >= 11 is 0. The van der Waals surface area contributed by atoms with Gasteiger partial charge in [0.25, 0.3) is 11.6 Å². The van der Waals surface area contributed by atoms with Crippen LogP contribution in [-0.4, -0.2) is 48.9 Å². The molecule has 4 N–H and O–H groups in total. The molecule has 328 valence electrons. The van der Waals surface area contributed by atoms with Crippen LogP contribution in [0.25, 0.3) is 31.9 Å². The van der Waals surface area contributed by atoms with E-state index in [4.69, 9.17) is 18.3 Å². The van der Waals surface area contributed by atoms with Crippen molar-refractivity contribution in [2.45, 2.75) is 51.0 Å². The molecule has 0 aliphatic rings. The molecule has 0 fully saturated rings. The Morgan fingerprint density at radius 2 is 1.25 bits per heavy atom. The van der Waals surface area contributed by atoms with Crippen molar-refractivity contribution >= 4 is 55.2 Å². The fourth-order valence-electron chi connectivity index (χ4n) is 5.93. The third-order valence-electron chi connectivity index (χ3n) is 8.64. The van der Waals surface area contributed by atoms with Crippen LogP contribution < -0.4 is 15.2 Å². The van der Waals surface area contributed by atoms with E-state index in [1.807, 2.05) is 32.4 Å². The number of carbonyl (C=O) groups is 1. The lowest BCUT2D eigenvalue weighted by molar-refractivity contribution is 0.256.